The molecule has 2 heterocycles. The minimum atomic E-state index is 0.0606. The minimum absolute atomic E-state index is 0.0606. The lowest BCUT2D eigenvalue weighted by Gasteiger charge is -2.33. The molecule has 1 fully saturated rings. The average Bonchev–Trinajstić information content (AvgIpc) is 3.29. The number of carbonyl (C=O) groups excluding carboxylic acids is 1. The van der Waals surface area contributed by atoms with Crippen LogP contribution >= 0.6 is 23.2 Å². The van der Waals surface area contributed by atoms with Gasteiger partial charge in [0, 0.05) is 56.6 Å². The van der Waals surface area contributed by atoms with Gasteiger partial charge in [-0.05, 0) is 61.2 Å². The number of nitrogens with two attached hydrogens (primary N) is 1. The summed E-state index contributed by atoms with van der Waals surface area (Å²) in [6.45, 7) is 2.07. The number of anilines is 2. The average molecular weight is 593 g/mol. The van der Waals surface area contributed by atoms with Crippen LogP contribution in [0.3, 0.4) is 0 Å². The summed E-state index contributed by atoms with van der Waals surface area (Å²) >= 11 is 12.2. The zero-order valence-corrected chi connectivity index (χ0v) is 24.8. The Bertz CT molecular complexity index is 1560. The zero-order valence-electron chi connectivity index (χ0n) is 23.3. The standard InChI is InChI=1S/C31H35Cl2N7O/c1-38(30(41)19-40-15-13-22(14-16-40)36-23-8-10-25(32)26(33)17-23)24-9-11-28-27(18-24)37-29(39(28)2)12-5-20-3-6-21(7-4-20)31(34)35/h3-4,6-11,17-18,22,36H,5,12-16,19H2,1-2H3,(H3,34,35). The highest BCUT2D eigenvalue weighted by Gasteiger charge is 2.23. The first-order valence-electron chi connectivity index (χ1n) is 13.8. The third-order valence-electron chi connectivity index (χ3n) is 7.86. The van der Waals surface area contributed by atoms with Crippen LogP contribution in [0.5, 0.6) is 0 Å². The molecular weight excluding hydrogens is 557 g/mol. The van der Waals surface area contributed by atoms with Gasteiger partial charge in [-0.25, -0.2) is 4.98 Å². The second kappa shape index (κ2) is 12.5. The lowest BCUT2D eigenvalue weighted by Crippen LogP contribution is -2.44. The first kappa shape index (κ1) is 28.9. The number of rotatable bonds is 9. The van der Waals surface area contributed by atoms with Crippen molar-refractivity contribution in [1.82, 2.24) is 14.5 Å². The molecule has 10 heteroatoms. The molecule has 1 aromatic heterocycles. The van der Waals surface area contributed by atoms with Crippen molar-refractivity contribution in [2.45, 2.75) is 31.7 Å². The van der Waals surface area contributed by atoms with Crippen LogP contribution in [0.15, 0.2) is 60.7 Å². The maximum atomic E-state index is 13.2. The second-order valence-electron chi connectivity index (χ2n) is 10.6. The van der Waals surface area contributed by atoms with Crippen molar-refractivity contribution >= 4 is 57.4 Å². The molecule has 1 aliphatic heterocycles. The minimum Gasteiger partial charge on any atom is -0.384 e. The second-order valence-corrected chi connectivity index (χ2v) is 11.5. The van der Waals surface area contributed by atoms with E-state index in [0.717, 1.165) is 72.6 Å². The van der Waals surface area contributed by atoms with Crippen molar-refractivity contribution in [2.75, 3.05) is 36.9 Å². The Morgan fingerprint density at radius 1 is 1.05 bits per heavy atom. The molecule has 0 aliphatic carbocycles. The summed E-state index contributed by atoms with van der Waals surface area (Å²) in [5, 5.41) is 12.2. The lowest BCUT2D eigenvalue weighted by atomic mass is 10.0. The summed E-state index contributed by atoms with van der Waals surface area (Å²) in [4.78, 5) is 22.0. The summed E-state index contributed by atoms with van der Waals surface area (Å²) in [7, 11) is 3.86. The number of amides is 1. The summed E-state index contributed by atoms with van der Waals surface area (Å²) < 4.78 is 2.11. The van der Waals surface area contributed by atoms with Crippen LogP contribution in [0.1, 0.15) is 29.8 Å². The Kier molecular flexibility index (Phi) is 8.82. The molecule has 0 radical (unpaired) electrons. The van der Waals surface area contributed by atoms with E-state index >= 15 is 0 Å². The van der Waals surface area contributed by atoms with Crippen LogP contribution in [-0.4, -0.2) is 58.9 Å². The highest BCUT2D eigenvalue weighted by molar-refractivity contribution is 6.42. The van der Waals surface area contributed by atoms with Gasteiger partial charge >= 0.3 is 0 Å². The number of amidine groups is 1. The Morgan fingerprint density at radius 3 is 2.46 bits per heavy atom. The van der Waals surface area contributed by atoms with E-state index in [1.165, 1.54) is 5.56 Å². The van der Waals surface area contributed by atoms with Gasteiger partial charge in [-0.15, -0.1) is 0 Å². The fraction of sp³-hybridized carbons (Fsp3) is 0.323. The number of likely N-dealkylation sites (tertiary alicyclic amines) is 1. The molecule has 0 spiro atoms. The van der Waals surface area contributed by atoms with Crippen molar-refractivity contribution in [3.8, 4) is 0 Å². The topological polar surface area (TPSA) is 103 Å². The summed E-state index contributed by atoms with van der Waals surface area (Å²) in [5.41, 5.74) is 11.2. The molecule has 214 valence electrons. The fourth-order valence-corrected chi connectivity index (χ4v) is 5.57. The van der Waals surface area contributed by atoms with Gasteiger partial charge in [0.1, 0.15) is 11.7 Å². The number of likely N-dealkylation sites (N-methyl/N-ethyl adjacent to an activating group) is 1. The number of imidazole rings is 1. The Balaban J connectivity index is 1.15. The number of benzene rings is 3. The lowest BCUT2D eigenvalue weighted by molar-refractivity contribution is -0.119. The van der Waals surface area contributed by atoms with Crippen LogP contribution < -0.4 is 16.0 Å². The van der Waals surface area contributed by atoms with Gasteiger partial charge in [0.15, 0.2) is 0 Å². The van der Waals surface area contributed by atoms with Crippen molar-refractivity contribution in [3.63, 3.8) is 0 Å². The number of aryl methyl sites for hydroxylation is 3. The molecule has 1 saturated heterocycles. The van der Waals surface area contributed by atoms with E-state index in [1.54, 1.807) is 11.0 Å². The number of nitrogens with one attached hydrogen (secondary N) is 2. The quantitative estimate of drug-likeness (QED) is 0.176. The largest absolute Gasteiger partial charge is 0.384 e. The van der Waals surface area contributed by atoms with E-state index in [4.69, 9.17) is 39.3 Å². The molecule has 1 amide bonds. The molecule has 0 bridgehead atoms. The molecular formula is C31H35Cl2N7O. The number of halogens is 2. The molecule has 5 rings (SSSR count). The van der Waals surface area contributed by atoms with Crippen LogP contribution in [0.25, 0.3) is 11.0 Å². The maximum Gasteiger partial charge on any atom is 0.240 e. The first-order chi connectivity index (χ1) is 19.7. The third kappa shape index (κ3) is 6.84. The number of hydrogen-bond acceptors (Lipinski definition) is 5. The van der Waals surface area contributed by atoms with E-state index in [0.29, 0.717) is 22.6 Å². The fourth-order valence-electron chi connectivity index (χ4n) is 5.28. The van der Waals surface area contributed by atoms with Crippen LogP contribution in [-0.2, 0) is 24.7 Å². The number of fused-ring (bicyclic) bond motifs is 1. The monoisotopic (exact) mass is 591 g/mol. The molecule has 4 N–H and O–H groups in total. The number of piperidine rings is 1. The predicted octanol–water partition coefficient (Wildman–Crippen LogP) is 5.49. The highest BCUT2D eigenvalue weighted by atomic mass is 35.5. The SMILES string of the molecule is CN(C(=O)CN1CCC(Nc2ccc(Cl)c(Cl)c2)CC1)c1ccc2c(c1)nc(CCc1ccc(C(=N)N)cc1)n2C. The molecule has 0 saturated carbocycles. The number of aromatic nitrogens is 2. The number of carbonyl (C=O) groups is 1. The molecule has 1 aliphatic rings. The van der Waals surface area contributed by atoms with Gasteiger partial charge in [-0.1, -0.05) is 47.5 Å². The Morgan fingerprint density at radius 2 is 1.78 bits per heavy atom. The maximum absolute atomic E-state index is 13.2. The molecule has 4 aromatic rings. The number of nitrogens with zero attached hydrogens (tertiary/aromatic N) is 4. The zero-order chi connectivity index (χ0) is 29.1. The normalized spacial score (nSPS) is 14.3. The van der Waals surface area contributed by atoms with E-state index in [9.17, 15) is 4.79 Å². The van der Waals surface area contributed by atoms with Crippen LogP contribution in [0, 0.1) is 5.41 Å². The van der Waals surface area contributed by atoms with Gasteiger partial charge in [-0.3, -0.25) is 15.1 Å². The Labute approximate surface area is 250 Å². The van der Waals surface area contributed by atoms with Gasteiger partial charge in [0.2, 0.25) is 5.91 Å². The van der Waals surface area contributed by atoms with Crippen molar-refractivity contribution in [2.24, 2.45) is 12.8 Å². The van der Waals surface area contributed by atoms with Gasteiger partial charge < -0.3 is 20.5 Å². The van der Waals surface area contributed by atoms with E-state index in [2.05, 4.69) is 14.8 Å². The number of nitrogen functional groups attached to an aromatic ring is 1. The van der Waals surface area contributed by atoms with Crippen molar-refractivity contribution < 1.29 is 4.79 Å². The van der Waals surface area contributed by atoms with Crippen LogP contribution in [0.2, 0.25) is 10.0 Å². The van der Waals surface area contributed by atoms with Crippen LogP contribution in [0.4, 0.5) is 11.4 Å². The molecule has 0 unspecified atom stereocenters. The van der Waals surface area contributed by atoms with E-state index in [1.807, 2.05) is 68.7 Å². The third-order valence-corrected chi connectivity index (χ3v) is 8.60. The highest BCUT2D eigenvalue weighted by Crippen LogP contribution is 2.27. The number of hydrogen-bond donors (Lipinski definition) is 3. The molecule has 0 atom stereocenters. The predicted molar refractivity (Wildman–Crippen MR) is 169 cm³/mol. The van der Waals surface area contributed by atoms with E-state index < -0.39 is 0 Å². The van der Waals surface area contributed by atoms with Crippen molar-refractivity contribution in [1.29, 1.82) is 5.41 Å². The smallest absolute Gasteiger partial charge is 0.240 e. The summed E-state index contributed by atoms with van der Waals surface area (Å²) in [5.74, 6) is 1.12. The first-order valence-corrected chi connectivity index (χ1v) is 14.5. The molecule has 8 nitrogen and oxygen atoms in total. The summed E-state index contributed by atoms with van der Waals surface area (Å²) in [6.07, 6.45) is 3.51. The van der Waals surface area contributed by atoms with Gasteiger partial charge in [-0.2, -0.15) is 0 Å². The van der Waals surface area contributed by atoms with E-state index in [-0.39, 0.29) is 11.7 Å². The van der Waals surface area contributed by atoms with Gasteiger partial charge in [0.05, 0.1) is 27.6 Å². The Hall–Kier alpha value is -3.59. The van der Waals surface area contributed by atoms with Gasteiger partial charge in [0.25, 0.3) is 0 Å². The summed E-state index contributed by atoms with van der Waals surface area (Å²) in [6, 6.07) is 19.7. The van der Waals surface area contributed by atoms with Crippen molar-refractivity contribution in [3.05, 3.63) is 87.7 Å². The molecule has 3 aromatic carbocycles. The molecule has 41 heavy (non-hydrogen) atoms.